The second-order valence-electron chi connectivity index (χ2n) is 24.2. The number of carbonyl (C=O) groups excluding carboxylic acids is 2. The summed E-state index contributed by atoms with van der Waals surface area (Å²) in [6.07, 6.45) is 57.6. The molecule has 4 aromatic rings. The average Bonchev–Trinajstić information content (AvgIpc) is 3.49. The number of esters is 2. The maximum Gasteiger partial charge on any atom is 0.341 e. The summed E-state index contributed by atoms with van der Waals surface area (Å²) >= 11 is 0. The van der Waals surface area contributed by atoms with E-state index in [-0.39, 0.29) is 23.3 Å². The molecule has 0 atom stereocenters. The van der Waals surface area contributed by atoms with Crippen molar-refractivity contribution in [1.82, 2.24) is 19.9 Å². The van der Waals surface area contributed by atoms with Crippen molar-refractivity contribution in [2.75, 3.05) is 0 Å². The lowest BCUT2D eigenvalue weighted by atomic mass is 9.84. The normalized spacial score (nSPS) is 17.1. The Morgan fingerprint density at radius 1 is 0.395 bits per heavy atom. The number of aryl methyl sites for hydroxylation is 2. The molecular weight excluding hydrogens is 1010 g/mol. The first-order chi connectivity index (χ1) is 39.7. The first-order valence-corrected chi connectivity index (χ1v) is 33.3. The molecule has 2 aliphatic rings. The maximum atomic E-state index is 14.9. The molecule has 0 saturated heterocycles. The number of ether oxygens (including phenoxy) is 2. The fraction of sp³-hybridized carbons (Fsp3) is 0.690. The lowest BCUT2D eigenvalue weighted by molar-refractivity contribution is 0.0147. The van der Waals surface area contributed by atoms with Crippen molar-refractivity contribution in [2.24, 2.45) is 11.8 Å². The highest BCUT2D eigenvalue weighted by atomic mass is 19.1. The summed E-state index contributed by atoms with van der Waals surface area (Å²) < 4.78 is 41.3. The van der Waals surface area contributed by atoms with Crippen LogP contribution in [-0.2, 0) is 22.3 Å². The van der Waals surface area contributed by atoms with Gasteiger partial charge >= 0.3 is 11.9 Å². The SMILES string of the molecule is CCCCCCCCCCC1CCC(OC(=O)c2ccc(-c3ncc(CCCCCCCCC)cn3)cc2F)CC1.CCCCCCCCCc1cnc(-c2ccc(C(=O)OC3CCC(CCCCCCCCC)CC3)c(F)c2)nc1. The van der Waals surface area contributed by atoms with Gasteiger partial charge in [-0.3, -0.25) is 0 Å². The Labute approximate surface area is 490 Å². The third kappa shape index (κ3) is 27.1. The van der Waals surface area contributed by atoms with Gasteiger partial charge in [0.25, 0.3) is 0 Å². The number of halogens is 2. The molecule has 450 valence electrons. The third-order valence-corrected chi connectivity index (χ3v) is 17.3. The van der Waals surface area contributed by atoms with Gasteiger partial charge in [0.1, 0.15) is 23.8 Å². The van der Waals surface area contributed by atoms with Gasteiger partial charge < -0.3 is 9.47 Å². The van der Waals surface area contributed by atoms with Gasteiger partial charge in [0, 0.05) is 35.9 Å². The summed E-state index contributed by atoms with van der Waals surface area (Å²) in [4.78, 5) is 43.3. The molecule has 6 rings (SSSR count). The second kappa shape index (κ2) is 41.4. The van der Waals surface area contributed by atoms with E-state index in [1.165, 1.54) is 210 Å². The van der Waals surface area contributed by atoms with Crippen LogP contribution < -0.4 is 0 Å². The molecule has 2 aliphatic carbocycles. The number of rotatable bonds is 39. The minimum atomic E-state index is -0.578. The Morgan fingerprint density at radius 2 is 0.679 bits per heavy atom. The van der Waals surface area contributed by atoms with E-state index in [0.29, 0.717) is 22.8 Å². The number of carbonyl (C=O) groups is 2. The molecule has 8 nitrogen and oxygen atoms in total. The largest absolute Gasteiger partial charge is 0.459 e. The predicted molar refractivity (Wildman–Crippen MR) is 330 cm³/mol. The van der Waals surface area contributed by atoms with Crippen LogP contribution in [0.2, 0.25) is 0 Å². The molecule has 0 N–H and O–H groups in total. The van der Waals surface area contributed by atoms with Crippen molar-refractivity contribution in [3.63, 3.8) is 0 Å². The molecule has 81 heavy (non-hydrogen) atoms. The number of hydrogen-bond donors (Lipinski definition) is 0. The van der Waals surface area contributed by atoms with Crippen LogP contribution in [0.4, 0.5) is 8.78 Å². The van der Waals surface area contributed by atoms with Crippen LogP contribution in [0.3, 0.4) is 0 Å². The summed E-state index contributed by atoms with van der Waals surface area (Å²) in [6, 6.07) is 9.14. The lowest BCUT2D eigenvalue weighted by Gasteiger charge is -2.28. The summed E-state index contributed by atoms with van der Waals surface area (Å²) in [7, 11) is 0. The smallest absolute Gasteiger partial charge is 0.341 e. The summed E-state index contributed by atoms with van der Waals surface area (Å²) in [5.41, 5.74) is 3.34. The molecule has 0 unspecified atom stereocenters. The molecule has 0 aliphatic heterocycles. The van der Waals surface area contributed by atoms with E-state index in [4.69, 9.17) is 9.47 Å². The van der Waals surface area contributed by atoms with Gasteiger partial charge in [-0.05, 0) is 124 Å². The van der Waals surface area contributed by atoms with E-state index in [1.54, 1.807) is 12.1 Å². The minimum absolute atomic E-state index is 0.00892. The standard InChI is InChI=1S/C36H55FN2O2.C35H53FN2O2/c1-3-5-7-9-11-13-14-16-18-29-20-23-32(24-21-29)41-36(40)33-25-22-31(26-34(33)37)35-38-27-30(28-39-35)19-17-15-12-10-8-6-4-2;1-3-5-7-9-11-13-15-17-28-19-22-31(23-20-28)40-35(39)32-24-21-30(25-33(32)36)34-37-26-29(27-38-34)18-16-14-12-10-8-6-4-2/h22,25-29,32H,3-21,23-24H2,1-2H3;21,24-28,31H,3-20,22-23H2,1-2H3. The number of hydrogen-bond acceptors (Lipinski definition) is 8. The topological polar surface area (TPSA) is 104 Å². The van der Waals surface area contributed by atoms with E-state index in [1.807, 2.05) is 24.8 Å². The summed E-state index contributed by atoms with van der Waals surface area (Å²) in [6.45, 7) is 9.00. The number of aromatic nitrogens is 4. The highest BCUT2D eigenvalue weighted by Gasteiger charge is 2.27. The Morgan fingerprint density at radius 3 is 0.975 bits per heavy atom. The van der Waals surface area contributed by atoms with Gasteiger partial charge in [-0.2, -0.15) is 0 Å². The first kappa shape index (κ1) is 67.2. The molecule has 2 heterocycles. The molecule has 2 aromatic heterocycles. The van der Waals surface area contributed by atoms with Gasteiger partial charge in [0.2, 0.25) is 0 Å². The zero-order chi connectivity index (χ0) is 57.5. The van der Waals surface area contributed by atoms with E-state index >= 15 is 0 Å². The van der Waals surface area contributed by atoms with Crippen LogP contribution in [0.1, 0.15) is 310 Å². The monoisotopic (exact) mass is 1120 g/mol. The van der Waals surface area contributed by atoms with Crippen LogP contribution in [0.25, 0.3) is 22.8 Å². The maximum absolute atomic E-state index is 14.9. The van der Waals surface area contributed by atoms with Gasteiger partial charge in [-0.1, -0.05) is 226 Å². The summed E-state index contributed by atoms with van der Waals surface area (Å²) in [5, 5.41) is 0. The predicted octanol–water partition coefficient (Wildman–Crippen LogP) is 21.3. The molecule has 2 saturated carbocycles. The highest BCUT2D eigenvalue weighted by molar-refractivity contribution is 5.91. The van der Waals surface area contributed by atoms with Gasteiger partial charge in [-0.25, -0.2) is 38.3 Å². The van der Waals surface area contributed by atoms with Crippen LogP contribution >= 0.6 is 0 Å². The van der Waals surface area contributed by atoms with Crippen molar-refractivity contribution in [3.05, 3.63) is 95.1 Å². The lowest BCUT2D eigenvalue weighted by Crippen LogP contribution is -2.25. The average molecular weight is 1120 g/mol. The Bertz CT molecular complexity index is 2280. The third-order valence-electron chi connectivity index (χ3n) is 17.3. The van der Waals surface area contributed by atoms with Gasteiger partial charge in [0.05, 0.1) is 11.1 Å². The molecule has 0 bridgehead atoms. The molecule has 0 spiro atoms. The Kier molecular flexibility index (Phi) is 34.3. The molecule has 2 aromatic carbocycles. The summed E-state index contributed by atoms with van der Waals surface area (Å²) in [5.74, 6) is 0.143. The van der Waals surface area contributed by atoms with Crippen molar-refractivity contribution in [3.8, 4) is 22.8 Å². The molecule has 0 radical (unpaired) electrons. The van der Waals surface area contributed by atoms with Gasteiger partial charge in [0.15, 0.2) is 11.6 Å². The fourth-order valence-corrected chi connectivity index (χ4v) is 11.9. The fourth-order valence-electron chi connectivity index (χ4n) is 11.9. The molecular formula is C71H108F2N4O4. The van der Waals surface area contributed by atoms with E-state index < -0.39 is 23.6 Å². The zero-order valence-corrected chi connectivity index (χ0v) is 51.3. The van der Waals surface area contributed by atoms with Crippen LogP contribution in [0, 0.1) is 23.5 Å². The van der Waals surface area contributed by atoms with E-state index in [9.17, 15) is 18.4 Å². The van der Waals surface area contributed by atoms with Crippen LogP contribution in [-0.4, -0.2) is 44.1 Å². The van der Waals surface area contributed by atoms with Crippen molar-refractivity contribution in [2.45, 2.75) is 303 Å². The van der Waals surface area contributed by atoms with E-state index in [0.717, 1.165) is 100 Å². The highest BCUT2D eigenvalue weighted by Crippen LogP contribution is 2.33. The van der Waals surface area contributed by atoms with Crippen molar-refractivity contribution < 1.29 is 27.8 Å². The van der Waals surface area contributed by atoms with Gasteiger partial charge in [-0.15, -0.1) is 0 Å². The van der Waals surface area contributed by atoms with Crippen LogP contribution in [0.15, 0.2) is 61.2 Å². The molecule has 0 amide bonds. The minimum Gasteiger partial charge on any atom is -0.459 e. The second-order valence-corrected chi connectivity index (χ2v) is 24.2. The number of unbranched alkanes of at least 4 members (excludes halogenated alkanes) is 25. The first-order valence-electron chi connectivity index (χ1n) is 33.3. The molecule has 2 fully saturated rings. The zero-order valence-electron chi connectivity index (χ0n) is 51.3. The Hall–Kier alpha value is -4.60. The van der Waals surface area contributed by atoms with Crippen LogP contribution in [0.5, 0.6) is 0 Å². The number of nitrogens with zero attached hydrogens (tertiary/aromatic N) is 4. The van der Waals surface area contributed by atoms with Crippen molar-refractivity contribution in [1.29, 1.82) is 0 Å². The molecule has 10 heteroatoms. The quantitative estimate of drug-likeness (QED) is 0.0321. The van der Waals surface area contributed by atoms with Crippen molar-refractivity contribution >= 4 is 11.9 Å². The number of benzene rings is 2. The Balaban J connectivity index is 0.000000297. The van der Waals surface area contributed by atoms with E-state index in [2.05, 4.69) is 47.6 Å².